The predicted octanol–water partition coefficient (Wildman–Crippen LogP) is 3.44. The van der Waals surface area contributed by atoms with Gasteiger partial charge in [0.25, 0.3) is 11.8 Å². The summed E-state index contributed by atoms with van der Waals surface area (Å²) in [6, 6.07) is 13.0. The predicted molar refractivity (Wildman–Crippen MR) is 96.2 cm³/mol. The minimum Gasteiger partial charge on any atom is -0.439 e. The van der Waals surface area contributed by atoms with E-state index in [0.29, 0.717) is 10.6 Å². The third-order valence-electron chi connectivity index (χ3n) is 3.89. The molecule has 8 heteroatoms. The Morgan fingerprint density at radius 3 is 2.46 bits per heavy atom. The quantitative estimate of drug-likeness (QED) is 0.845. The van der Waals surface area contributed by atoms with E-state index in [-0.39, 0.29) is 18.2 Å². The lowest BCUT2D eigenvalue weighted by atomic mass is 10.1. The van der Waals surface area contributed by atoms with Crippen molar-refractivity contribution in [3.05, 3.63) is 69.7 Å². The minimum absolute atomic E-state index is 0.0330. The zero-order valence-electron chi connectivity index (χ0n) is 13.4. The lowest BCUT2D eigenvalue weighted by Gasteiger charge is -2.23. The number of nitrogens with zero attached hydrogens (tertiary/aromatic N) is 1. The summed E-state index contributed by atoms with van der Waals surface area (Å²) in [7, 11) is 0. The van der Waals surface area contributed by atoms with E-state index in [9.17, 15) is 14.4 Å². The molecule has 3 amide bonds. The first-order chi connectivity index (χ1) is 12.5. The molecule has 134 valence electrons. The van der Waals surface area contributed by atoms with Crippen LogP contribution in [0.5, 0.6) is 0 Å². The molecule has 0 spiro atoms. The van der Waals surface area contributed by atoms with E-state index in [4.69, 9.17) is 27.9 Å². The third kappa shape index (κ3) is 3.98. The highest BCUT2D eigenvalue weighted by Gasteiger charge is 2.33. The maximum atomic E-state index is 12.6. The number of hydrogen-bond acceptors (Lipinski definition) is 4. The molecule has 2 aromatic rings. The smallest absolute Gasteiger partial charge is 0.417 e. The van der Waals surface area contributed by atoms with Crippen molar-refractivity contribution >= 4 is 41.1 Å². The maximum absolute atomic E-state index is 12.6. The second kappa shape index (κ2) is 7.76. The van der Waals surface area contributed by atoms with Gasteiger partial charge in [0.1, 0.15) is 0 Å². The Labute approximate surface area is 159 Å². The lowest BCUT2D eigenvalue weighted by molar-refractivity contribution is -0.126. The number of carbonyl (C=O) groups is 3. The summed E-state index contributed by atoms with van der Waals surface area (Å²) in [4.78, 5) is 37.1. The summed E-state index contributed by atoms with van der Waals surface area (Å²) >= 11 is 11.8. The lowest BCUT2D eigenvalue weighted by Crippen LogP contribution is -2.40. The van der Waals surface area contributed by atoms with E-state index < -0.39 is 23.9 Å². The van der Waals surface area contributed by atoms with E-state index in [1.165, 1.54) is 12.1 Å². The van der Waals surface area contributed by atoms with Gasteiger partial charge in [0.15, 0.2) is 6.61 Å². The van der Waals surface area contributed by atoms with Crippen LogP contribution < -0.4 is 5.32 Å². The summed E-state index contributed by atoms with van der Waals surface area (Å²) in [5.74, 6) is -0.850. The molecule has 1 N–H and O–H groups in total. The zero-order chi connectivity index (χ0) is 18.7. The fraction of sp³-hybridized carbons (Fsp3) is 0.167. The highest BCUT2D eigenvalue weighted by atomic mass is 35.5. The number of amides is 3. The van der Waals surface area contributed by atoms with Gasteiger partial charge in [-0.3, -0.25) is 9.59 Å². The molecule has 1 atom stereocenters. The van der Waals surface area contributed by atoms with Crippen molar-refractivity contribution < 1.29 is 19.1 Å². The van der Waals surface area contributed by atoms with Gasteiger partial charge in [-0.05, 0) is 23.8 Å². The third-order valence-corrected chi connectivity index (χ3v) is 4.63. The molecule has 26 heavy (non-hydrogen) atoms. The Morgan fingerprint density at radius 1 is 1.12 bits per heavy atom. The molecule has 0 bridgehead atoms. The van der Waals surface area contributed by atoms with E-state index in [2.05, 4.69) is 5.32 Å². The Morgan fingerprint density at radius 2 is 1.85 bits per heavy atom. The van der Waals surface area contributed by atoms with E-state index in [0.717, 1.165) is 10.5 Å². The standard InChI is InChI=1S/C18H14Cl2N2O4/c19-13-7-6-12(8-14(13)20)17(24)21-15(11-4-2-1-3-5-11)9-22-16(23)10-26-18(22)25/h1-8,15H,9-10H2,(H,21,24). The number of benzene rings is 2. The molecule has 1 aliphatic rings. The van der Waals surface area contributed by atoms with Gasteiger partial charge < -0.3 is 10.1 Å². The zero-order valence-corrected chi connectivity index (χ0v) is 15.0. The van der Waals surface area contributed by atoms with Crippen LogP contribution in [0.4, 0.5) is 4.79 Å². The second-order valence-electron chi connectivity index (χ2n) is 5.62. The molecule has 1 unspecified atom stereocenters. The SMILES string of the molecule is O=C(NC(CN1C(=O)COC1=O)c1ccccc1)c1ccc(Cl)c(Cl)c1. The molecule has 3 rings (SSSR count). The summed E-state index contributed by atoms with van der Waals surface area (Å²) in [6.07, 6.45) is -0.722. The van der Waals surface area contributed by atoms with Gasteiger partial charge in [-0.15, -0.1) is 0 Å². The maximum Gasteiger partial charge on any atom is 0.417 e. The van der Waals surface area contributed by atoms with Gasteiger partial charge in [-0.1, -0.05) is 53.5 Å². The number of imide groups is 1. The van der Waals surface area contributed by atoms with E-state index in [1.54, 1.807) is 30.3 Å². The topological polar surface area (TPSA) is 75.7 Å². The number of cyclic esters (lactones) is 1. The molecule has 1 saturated heterocycles. The normalized spacial score (nSPS) is 14.9. The van der Waals surface area contributed by atoms with Crippen LogP contribution in [0.3, 0.4) is 0 Å². The monoisotopic (exact) mass is 392 g/mol. The molecule has 0 saturated carbocycles. The summed E-state index contributed by atoms with van der Waals surface area (Å²) in [6.45, 7) is -0.324. The number of halogens is 2. The molecule has 1 aliphatic heterocycles. The van der Waals surface area contributed by atoms with Crippen LogP contribution in [0, 0.1) is 0 Å². The molecule has 2 aromatic carbocycles. The average molecular weight is 393 g/mol. The number of nitrogens with one attached hydrogen (secondary N) is 1. The highest BCUT2D eigenvalue weighted by Crippen LogP contribution is 2.23. The van der Waals surface area contributed by atoms with E-state index in [1.807, 2.05) is 6.07 Å². The van der Waals surface area contributed by atoms with Crippen molar-refractivity contribution in [1.82, 2.24) is 10.2 Å². The number of ether oxygens (including phenoxy) is 1. The summed E-state index contributed by atoms with van der Waals surface area (Å²) in [5, 5.41) is 3.42. The minimum atomic E-state index is -0.722. The van der Waals surface area contributed by atoms with Crippen molar-refractivity contribution in [1.29, 1.82) is 0 Å². The van der Waals surface area contributed by atoms with Gasteiger partial charge in [-0.25, -0.2) is 9.69 Å². The molecule has 0 aromatic heterocycles. The van der Waals surface area contributed by atoms with Gasteiger partial charge in [0.05, 0.1) is 22.6 Å². The van der Waals surface area contributed by atoms with Crippen molar-refractivity contribution in [2.45, 2.75) is 6.04 Å². The molecule has 1 heterocycles. The number of hydrogen-bond donors (Lipinski definition) is 1. The van der Waals surface area contributed by atoms with Crippen LogP contribution in [-0.2, 0) is 9.53 Å². The molecule has 1 fully saturated rings. The largest absolute Gasteiger partial charge is 0.439 e. The molecule has 0 radical (unpaired) electrons. The van der Waals surface area contributed by atoms with Crippen LogP contribution in [0.15, 0.2) is 48.5 Å². The van der Waals surface area contributed by atoms with Gasteiger partial charge in [0, 0.05) is 5.56 Å². The van der Waals surface area contributed by atoms with Crippen LogP contribution in [0.25, 0.3) is 0 Å². The highest BCUT2D eigenvalue weighted by molar-refractivity contribution is 6.42. The first-order valence-corrected chi connectivity index (χ1v) is 8.49. The first kappa shape index (κ1) is 18.2. The Hall–Kier alpha value is -2.57. The first-order valence-electron chi connectivity index (χ1n) is 7.73. The average Bonchev–Trinajstić information content (AvgIpc) is 2.96. The molecule has 6 nitrogen and oxygen atoms in total. The van der Waals surface area contributed by atoms with Crippen molar-refractivity contribution in [3.63, 3.8) is 0 Å². The fourth-order valence-corrected chi connectivity index (χ4v) is 2.84. The van der Waals surface area contributed by atoms with Crippen molar-refractivity contribution in [2.75, 3.05) is 13.2 Å². The number of carbonyl (C=O) groups excluding carboxylic acids is 3. The summed E-state index contributed by atoms with van der Waals surface area (Å²) in [5.41, 5.74) is 1.06. The van der Waals surface area contributed by atoms with Gasteiger partial charge in [-0.2, -0.15) is 0 Å². The second-order valence-corrected chi connectivity index (χ2v) is 6.44. The Balaban J connectivity index is 1.83. The van der Waals surface area contributed by atoms with Crippen LogP contribution in [0.2, 0.25) is 10.0 Å². The van der Waals surface area contributed by atoms with Crippen LogP contribution in [-0.4, -0.2) is 36.0 Å². The van der Waals surface area contributed by atoms with Crippen LogP contribution >= 0.6 is 23.2 Å². The van der Waals surface area contributed by atoms with E-state index >= 15 is 0 Å². The molecular weight excluding hydrogens is 379 g/mol. The van der Waals surface area contributed by atoms with Crippen LogP contribution in [0.1, 0.15) is 22.0 Å². The Kier molecular flexibility index (Phi) is 5.44. The van der Waals surface area contributed by atoms with Crippen molar-refractivity contribution in [2.24, 2.45) is 0 Å². The fourth-order valence-electron chi connectivity index (χ4n) is 2.54. The molecule has 0 aliphatic carbocycles. The van der Waals surface area contributed by atoms with Gasteiger partial charge >= 0.3 is 6.09 Å². The number of rotatable bonds is 5. The summed E-state index contributed by atoms with van der Waals surface area (Å²) < 4.78 is 4.73. The molecular formula is C18H14Cl2N2O4. The van der Waals surface area contributed by atoms with Gasteiger partial charge in [0.2, 0.25) is 0 Å². The van der Waals surface area contributed by atoms with Crippen molar-refractivity contribution in [3.8, 4) is 0 Å². The Bertz CT molecular complexity index is 842.